The summed E-state index contributed by atoms with van der Waals surface area (Å²) < 4.78 is 19.8. The number of nitrogens with zero attached hydrogens (tertiary/aromatic N) is 2. The summed E-state index contributed by atoms with van der Waals surface area (Å²) in [5.41, 5.74) is 5.07. The Kier molecular flexibility index (Phi) is 6.38. The third-order valence-electron chi connectivity index (χ3n) is 4.29. The van der Waals surface area contributed by atoms with Crippen LogP contribution in [0, 0.1) is 5.82 Å². The Hall–Kier alpha value is -2.93. The number of carbonyl (C=O) groups excluding carboxylic acids is 1. The van der Waals surface area contributed by atoms with Crippen molar-refractivity contribution in [2.24, 2.45) is 5.10 Å². The number of hydrazone groups is 1. The third kappa shape index (κ3) is 5.27. The van der Waals surface area contributed by atoms with Gasteiger partial charge in [0.2, 0.25) is 0 Å². The number of hydrogen-bond acceptors (Lipinski definition) is 5. The number of amides is 1. The number of ether oxygens (including phenoxy) is 1. The number of carbonyl (C=O) groups is 1. The van der Waals surface area contributed by atoms with Gasteiger partial charge in [-0.05, 0) is 31.2 Å². The van der Waals surface area contributed by atoms with Gasteiger partial charge in [-0.15, -0.1) is 0 Å². The summed E-state index contributed by atoms with van der Waals surface area (Å²) in [6.45, 7) is 4.39. The lowest BCUT2D eigenvalue weighted by Crippen LogP contribution is -2.36. The average Bonchev–Trinajstić information content (AvgIpc) is 2.71. The molecule has 1 aliphatic heterocycles. The molecule has 1 aliphatic rings. The topological polar surface area (TPSA) is 66.0 Å². The lowest BCUT2D eigenvalue weighted by atomic mass is 10.1. The number of halogens is 1. The zero-order valence-electron chi connectivity index (χ0n) is 15.2. The fourth-order valence-corrected chi connectivity index (χ4v) is 2.78. The Morgan fingerprint density at radius 1 is 1.19 bits per heavy atom. The van der Waals surface area contributed by atoms with Gasteiger partial charge in [0.15, 0.2) is 0 Å². The first-order valence-corrected chi connectivity index (χ1v) is 8.88. The second-order valence-corrected chi connectivity index (χ2v) is 6.22. The molecule has 1 fully saturated rings. The van der Waals surface area contributed by atoms with Crippen LogP contribution in [0.2, 0.25) is 0 Å². The highest BCUT2D eigenvalue weighted by molar-refractivity contribution is 5.99. The number of anilines is 2. The number of benzene rings is 2. The van der Waals surface area contributed by atoms with Crippen molar-refractivity contribution in [1.82, 2.24) is 5.43 Å². The maximum absolute atomic E-state index is 14.5. The van der Waals surface area contributed by atoms with Crippen molar-refractivity contribution in [1.29, 1.82) is 0 Å². The summed E-state index contributed by atoms with van der Waals surface area (Å²) in [5.74, 6) is -0.579. The lowest BCUT2D eigenvalue weighted by Gasteiger charge is -2.29. The highest BCUT2D eigenvalue weighted by Crippen LogP contribution is 2.21. The van der Waals surface area contributed by atoms with Crippen LogP contribution in [0.15, 0.2) is 53.6 Å². The first kappa shape index (κ1) is 18.8. The molecule has 27 heavy (non-hydrogen) atoms. The minimum absolute atomic E-state index is 0.102. The van der Waals surface area contributed by atoms with Crippen LogP contribution in [-0.2, 0) is 9.53 Å². The molecule has 2 N–H and O–H groups in total. The normalized spacial score (nSPS) is 14.7. The number of hydrogen-bond donors (Lipinski definition) is 2. The molecule has 0 unspecified atom stereocenters. The van der Waals surface area contributed by atoms with E-state index in [1.165, 1.54) is 6.07 Å². The molecule has 0 saturated carbocycles. The number of para-hydroxylation sites is 1. The van der Waals surface area contributed by atoms with E-state index in [0.717, 1.165) is 5.69 Å². The molecule has 2 aromatic carbocycles. The van der Waals surface area contributed by atoms with Gasteiger partial charge in [-0.25, -0.2) is 9.82 Å². The van der Waals surface area contributed by atoms with E-state index >= 15 is 0 Å². The Morgan fingerprint density at radius 3 is 2.63 bits per heavy atom. The van der Waals surface area contributed by atoms with Gasteiger partial charge in [0.25, 0.3) is 5.91 Å². The quantitative estimate of drug-likeness (QED) is 0.606. The summed E-state index contributed by atoms with van der Waals surface area (Å²) in [5, 5.41) is 7.07. The molecule has 6 nitrogen and oxygen atoms in total. The van der Waals surface area contributed by atoms with E-state index in [1.807, 2.05) is 35.2 Å². The summed E-state index contributed by atoms with van der Waals surface area (Å²) in [4.78, 5) is 13.9. The second kappa shape index (κ2) is 9.14. The Morgan fingerprint density at radius 2 is 1.93 bits per heavy atom. The van der Waals surface area contributed by atoms with Gasteiger partial charge >= 0.3 is 0 Å². The van der Waals surface area contributed by atoms with Gasteiger partial charge in [0.1, 0.15) is 5.82 Å². The smallest absolute Gasteiger partial charge is 0.259 e. The maximum Gasteiger partial charge on any atom is 0.259 e. The molecule has 142 valence electrons. The van der Waals surface area contributed by atoms with Crippen molar-refractivity contribution in [2.75, 3.05) is 43.1 Å². The highest BCUT2D eigenvalue weighted by Gasteiger charge is 2.15. The molecule has 7 heteroatoms. The summed E-state index contributed by atoms with van der Waals surface area (Å²) in [6.07, 6.45) is 0. The van der Waals surface area contributed by atoms with Crippen LogP contribution in [0.4, 0.5) is 15.8 Å². The first-order valence-electron chi connectivity index (χ1n) is 8.88. The Balaban J connectivity index is 1.57. The standard InChI is InChI=1S/C20H23FN4O2/c1-15(23-24-20(26)14-22-17-5-3-2-4-6-17)16-7-8-19(18(21)13-16)25-9-11-27-12-10-25/h2-8,13,22H,9-12,14H2,1H3,(H,24,26)/b23-15-. The van der Waals surface area contributed by atoms with Crippen molar-refractivity contribution < 1.29 is 13.9 Å². The molecule has 2 aromatic rings. The van der Waals surface area contributed by atoms with Crippen molar-refractivity contribution >= 4 is 23.0 Å². The van der Waals surface area contributed by atoms with Gasteiger partial charge in [0.05, 0.1) is 31.2 Å². The molecule has 1 saturated heterocycles. The van der Waals surface area contributed by atoms with Crippen molar-refractivity contribution in [3.05, 3.63) is 59.9 Å². The fourth-order valence-electron chi connectivity index (χ4n) is 2.78. The molecule has 0 aromatic heterocycles. The van der Waals surface area contributed by atoms with Gasteiger partial charge in [-0.2, -0.15) is 5.10 Å². The Bertz CT molecular complexity index is 805. The van der Waals surface area contributed by atoms with Crippen LogP contribution < -0.4 is 15.6 Å². The van der Waals surface area contributed by atoms with E-state index in [4.69, 9.17) is 4.74 Å². The predicted molar refractivity (Wildman–Crippen MR) is 105 cm³/mol. The highest BCUT2D eigenvalue weighted by atomic mass is 19.1. The summed E-state index contributed by atoms with van der Waals surface area (Å²) in [6, 6.07) is 14.4. The lowest BCUT2D eigenvalue weighted by molar-refractivity contribution is -0.119. The average molecular weight is 370 g/mol. The Labute approximate surface area is 158 Å². The van der Waals surface area contributed by atoms with Crippen LogP contribution in [0.1, 0.15) is 12.5 Å². The summed E-state index contributed by atoms with van der Waals surface area (Å²) >= 11 is 0. The van der Waals surface area contributed by atoms with Gasteiger partial charge in [-0.1, -0.05) is 24.3 Å². The number of nitrogens with one attached hydrogen (secondary N) is 2. The van der Waals surface area contributed by atoms with Crippen LogP contribution in [0.3, 0.4) is 0 Å². The molecule has 0 aliphatic carbocycles. The van der Waals surface area contributed by atoms with Crippen molar-refractivity contribution in [3.8, 4) is 0 Å². The molecule has 1 heterocycles. The molecular formula is C20H23FN4O2. The largest absolute Gasteiger partial charge is 0.378 e. The third-order valence-corrected chi connectivity index (χ3v) is 4.29. The van der Waals surface area contributed by atoms with E-state index in [2.05, 4.69) is 15.8 Å². The van der Waals surface area contributed by atoms with E-state index in [0.29, 0.717) is 43.3 Å². The molecular weight excluding hydrogens is 347 g/mol. The minimum Gasteiger partial charge on any atom is -0.378 e. The van der Waals surface area contributed by atoms with Crippen LogP contribution in [0.25, 0.3) is 0 Å². The molecule has 0 radical (unpaired) electrons. The number of morpholine rings is 1. The predicted octanol–water partition coefficient (Wildman–Crippen LogP) is 2.61. The second-order valence-electron chi connectivity index (χ2n) is 6.22. The zero-order valence-corrected chi connectivity index (χ0v) is 15.2. The van der Waals surface area contributed by atoms with Gasteiger partial charge < -0.3 is 15.0 Å². The van der Waals surface area contributed by atoms with E-state index < -0.39 is 0 Å². The molecule has 0 atom stereocenters. The maximum atomic E-state index is 14.5. The molecule has 1 amide bonds. The van der Waals surface area contributed by atoms with E-state index in [1.54, 1.807) is 19.1 Å². The minimum atomic E-state index is -0.305. The molecule has 0 spiro atoms. The molecule has 3 rings (SSSR count). The fraction of sp³-hybridized carbons (Fsp3) is 0.300. The van der Waals surface area contributed by atoms with Crippen LogP contribution in [0.5, 0.6) is 0 Å². The zero-order chi connectivity index (χ0) is 19.1. The van der Waals surface area contributed by atoms with Crippen molar-refractivity contribution in [2.45, 2.75) is 6.92 Å². The summed E-state index contributed by atoms with van der Waals surface area (Å²) in [7, 11) is 0. The first-order chi connectivity index (χ1) is 13.1. The van der Waals surface area contributed by atoms with Crippen LogP contribution >= 0.6 is 0 Å². The molecule has 0 bridgehead atoms. The van der Waals surface area contributed by atoms with E-state index in [9.17, 15) is 9.18 Å². The monoisotopic (exact) mass is 370 g/mol. The van der Waals surface area contributed by atoms with Crippen LogP contribution in [-0.4, -0.2) is 44.5 Å². The van der Waals surface area contributed by atoms with Gasteiger partial charge in [0, 0.05) is 24.3 Å². The number of rotatable bonds is 6. The van der Waals surface area contributed by atoms with E-state index in [-0.39, 0.29) is 18.3 Å². The SMILES string of the molecule is C/C(=N/NC(=O)CNc1ccccc1)c1ccc(N2CCOCC2)c(F)c1. The van der Waals surface area contributed by atoms with Gasteiger partial charge in [-0.3, -0.25) is 4.79 Å². The van der Waals surface area contributed by atoms with Crippen molar-refractivity contribution in [3.63, 3.8) is 0 Å².